The zero-order valence-electron chi connectivity index (χ0n) is 29.1. The summed E-state index contributed by atoms with van der Waals surface area (Å²) in [5, 5.41) is 14.3. The highest BCUT2D eigenvalue weighted by Gasteiger charge is 2.76. The number of nitrogens with zero attached hydrogens (tertiary/aromatic N) is 2. The summed E-state index contributed by atoms with van der Waals surface area (Å²) >= 11 is 6.19. The van der Waals surface area contributed by atoms with Gasteiger partial charge in [0, 0.05) is 23.7 Å². The van der Waals surface area contributed by atoms with E-state index in [2.05, 4.69) is 18.5 Å². The van der Waals surface area contributed by atoms with Crippen LogP contribution in [0.1, 0.15) is 55.9 Å². The molecule has 0 aliphatic carbocycles. The van der Waals surface area contributed by atoms with E-state index < -0.39 is 72.2 Å². The number of fused-ring (bicyclic) bond motifs is 1. The number of halogens is 1. The summed E-state index contributed by atoms with van der Waals surface area (Å²) in [6.45, 7) is 8.97. The van der Waals surface area contributed by atoms with Crippen LogP contribution in [-0.4, -0.2) is 70.6 Å². The van der Waals surface area contributed by atoms with Gasteiger partial charge in [-0.15, -0.1) is 13.2 Å². The van der Waals surface area contributed by atoms with Crippen molar-refractivity contribution in [3.63, 3.8) is 0 Å². The fourth-order valence-corrected chi connectivity index (χ4v) is 8.29. The van der Waals surface area contributed by atoms with Gasteiger partial charge in [0.2, 0.25) is 11.8 Å². The minimum Gasteiger partial charge on any atom is -0.455 e. The molecule has 3 heterocycles. The summed E-state index contributed by atoms with van der Waals surface area (Å²) in [5.41, 5.74) is 0.475. The highest BCUT2D eigenvalue weighted by Crippen LogP contribution is 2.60. The number of amides is 3. The minimum atomic E-state index is -1.37. The summed E-state index contributed by atoms with van der Waals surface area (Å²) in [6, 6.07) is 22.2. The van der Waals surface area contributed by atoms with Gasteiger partial charge in [0.15, 0.2) is 0 Å². The molecular weight excluding hydrogens is 682 g/mol. The van der Waals surface area contributed by atoms with Crippen molar-refractivity contribution >= 4 is 41.0 Å². The lowest BCUT2D eigenvalue weighted by Crippen LogP contribution is -2.57. The molecule has 10 nitrogen and oxygen atoms in total. The molecule has 2 N–H and O–H groups in total. The minimum absolute atomic E-state index is 0.124. The Bertz CT molecular complexity index is 1790. The quantitative estimate of drug-likeness (QED) is 0.152. The maximum absolute atomic E-state index is 15.0. The molecule has 0 radical (unpaired) electrons. The van der Waals surface area contributed by atoms with Crippen LogP contribution in [0.2, 0.25) is 5.02 Å². The van der Waals surface area contributed by atoms with Gasteiger partial charge in [-0.25, -0.2) is 0 Å². The number of carbonyl (C=O) groups is 4. The molecule has 3 fully saturated rings. The van der Waals surface area contributed by atoms with E-state index in [1.165, 1.54) is 9.80 Å². The Hall–Kier alpha value is -4.77. The van der Waals surface area contributed by atoms with Crippen molar-refractivity contribution in [3.05, 3.63) is 126 Å². The number of esters is 1. The van der Waals surface area contributed by atoms with Crippen molar-refractivity contribution in [3.8, 4) is 0 Å². The number of rotatable bonds is 15. The molecule has 3 amide bonds. The first-order valence-electron chi connectivity index (χ1n) is 17.6. The Morgan fingerprint density at radius 2 is 1.69 bits per heavy atom. The van der Waals surface area contributed by atoms with Crippen LogP contribution >= 0.6 is 11.6 Å². The van der Waals surface area contributed by atoms with Gasteiger partial charge in [0.1, 0.15) is 17.7 Å². The number of aliphatic hydroxyl groups excluding tert-OH is 1. The van der Waals surface area contributed by atoms with E-state index in [4.69, 9.17) is 21.1 Å². The second kappa shape index (κ2) is 15.9. The Labute approximate surface area is 309 Å². The van der Waals surface area contributed by atoms with E-state index in [-0.39, 0.29) is 18.9 Å². The molecule has 0 saturated carbocycles. The molecule has 0 aromatic heterocycles. The summed E-state index contributed by atoms with van der Waals surface area (Å²) in [7, 11) is 0. The maximum atomic E-state index is 15.0. The van der Waals surface area contributed by atoms with Gasteiger partial charge in [0.25, 0.3) is 5.91 Å². The zero-order valence-corrected chi connectivity index (χ0v) is 29.9. The SMILES string of the molecule is C=CCCC(=O)N[C@@H](C)[C@H](OC(=O)[C@@H]1[C@H]2C(=O)N([C@H](CO)c3ccccc3)[C@H](C(=O)N(CC=C)c3ccc(Cl)cc3)[C@]23CC[C@H]1O3)c1ccccc1. The summed E-state index contributed by atoms with van der Waals surface area (Å²) in [6.07, 6.45) is 3.20. The van der Waals surface area contributed by atoms with Crippen molar-refractivity contribution in [1.29, 1.82) is 0 Å². The smallest absolute Gasteiger partial charge is 0.313 e. The van der Waals surface area contributed by atoms with Crippen LogP contribution in [0.25, 0.3) is 0 Å². The monoisotopic (exact) mass is 725 g/mol. The Balaban J connectivity index is 1.39. The van der Waals surface area contributed by atoms with Gasteiger partial charge >= 0.3 is 5.97 Å². The average molecular weight is 726 g/mol. The van der Waals surface area contributed by atoms with Crippen LogP contribution in [0.5, 0.6) is 0 Å². The van der Waals surface area contributed by atoms with Gasteiger partial charge in [-0.1, -0.05) is 84.4 Å². The van der Waals surface area contributed by atoms with E-state index in [0.29, 0.717) is 41.1 Å². The molecule has 3 aliphatic rings. The number of hydrogen-bond acceptors (Lipinski definition) is 7. The Morgan fingerprint density at radius 3 is 2.31 bits per heavy atom. The second-order valence-electron chi connectivity index (χ2n) is 13.6. The van der Waals surface area contributed by atoms with Crippen molar-refractivity contribution in [2.45, 2.75) is 68.5 Å². The first-order valence-corrected chi connectivity index (χ1v) is 18.0. The Morgan fingerprint density at radius 1 is 1.04 bits per heavy atom. The molecule has 272 valence electrons. The molecule has 0 unspecified atom stereocenters. The summed E-state index contributed by atoms with van der Waals surface area (Å²) in [5.74, 6) is -3.86. The number of ether oxygens (including phenoxy) is 2. The van der Waals surface area contributed by atoms with Crippen LogP contribution in [0, 0.1) is 11.8 Å². The Kier molecular flexibility index (Phi) is 11.3. The molecule has 3 aliphatic heterocycles. The first-order chi connectivity index (χ1) is 25.1. The van der Waals surface area contributed by atoms with Crippen LogP contribution in [-0.2, 0) is 28.7 Å². The molecule has 6 rings (SSSR count). The lowest BCUT2D eigenvalue weighted by molar-refractivity contribution is -0.162. The van der Waals surface area contributed by atoms with Gasteiger partial charge in [0.05, 0.1) is 36.6 Å². The predicted octanol–water partition coefficient (Wildman–Crippen LogP) is 5.72. The van der Waals surface area contributed by atoms with Crippen LogP contribution in [0.4, 0.5) is 5.69 Å². The number of nitrogens with one attached hydrogen (secondary N) is 1. The number of hydrogen-bond donors (Lipinski definition) is 2. The van der Waals surface area contributed by atoms with E-state index in [9.17, 15) is 24.3 Å². The van der Waals surface area contributed by atoms with E-state index in [1.54, 1.807) is 67.6 Å². The van der Waals surface area contributed by atoms with E-state index >= 15 is 0 Å². The fraction of sp³-hybridized carbons (Fsp3) is 0.366. The normalized spacial score (nSPS) is 24.8. The highest BCUT2D eigenvalue weighted by atomic mass is 35.5. The third-order valence-corrected chi connectivity index (χ3v) is 10.7. The lowest BCUT2D eigenvalue weighted by Gasteiger charge is -2.39. The topological polar surface area (TPSA) is 125 Å². The molecule has 52 heavy (non-hydrogen) atoms. The number of benzene rings is 3. The molecule has 3 saturated heterocycles. The molecule has 11 heteroatoms. The number of aliphatic hydroxyl groups is 1. The van der Waals surface area contributed by atoms with Crippen molar-refractivity contribution in [1.82, 2.24) is 10.2 Å². The highest BCUT2D eigenvalue weighted by molar-refractivity contribution is 6.30. The first kappa shape index (κ1) is 37.0. The van der Waals surface area contributed by atoms with Crippen LogP contribution < -0.4 is 10.2 Å². The van der Waals surface area contributed by atoms with E-state index in [1.807, 2.05) is 36.4 Å². The fourth-order valence-electron chi connectivity index (χ4n) is 8.16. The van der Waals surface area contributed by atoms with Crippen molar-refractivity contribution in [2.75, 3.05) is 18.1 Å². The van der Waals surface area contributed by atoms with E-state index in [0.717, 1.165) is 0 Å². The van der Waals surface area contributed by atoms with Crippen LogP contribution in [0.3, 0.4) is 0 Å². The van der Waals surface area contributed by atoms with Crippen molar-refractivity contribution in [2.24, 2.45) is 11.8 Å². The number of anilines is 1. The average Bonchev–Trinajstić information content (AvgIpc) is 3.80. The maximum Gasteiger partial charge on any atom is 0.313 e. The third-order valence-electron chi connectivity index (χ3n) is 10.4. The molecule has 1 spiro atoms. The number of allylic oxidation sites excluding steroid dienone is 1. The van der Waals surface area contributed by atoms with Gasteiger partial charge in [-0.05, 0) is 61.6 Å². The lowest BCUT2D eigenvalue weighted by atomic mass is 9.70. The second-order valence-corrected chi connectivity index (χ2v) is 14.0. The van der Waals surface area contributed by atoms with Crippen molar-refractivity contribution < 1.29 is 33.8 Å². The molecule has 3 aromatic carbocycles. The predicted molar refractivity (Wildman–Crippen MR) is 197 cm³/mol. The standard InChI is InChI=1S/C41H44ClN3O7/c1-4-6-17-33(47)43-26(3)36(28-15-11-8-12-16-28)51-40(50)34-32-22-23-41(52-32)35(34)38(48)45(31(25-46)27-13-9-7-10-14-27)37(41)39(49)44(24-5-2)30-20-18-29(42)19-21-30/h4-5,7-16,18-21,26,31-32,34-37,46H,1-2,6,17,22-25H2,3H3,(H,43,47)/t26-,31+,32+,34-,35-,36-,37+,41-/m0/s1. The van der Waals surface area contributed by atoms with Gasteiger partial charge in [-0.3, -0.25) is 19.2 Å². The molecule has 2 bridgehead atoms. The third kappa shape index (κ3) is 6.90. The number of carbonyl (C=O) groups excluding carboxylic acids is 4. The van der Waals surface area contributed by atoms with Gasteiger partial charge < -0.3 is 29.7 Å². The number of likely N-dealkylation sites (tertiary alicyclic amines) is 1. The molecule has 8 atom stereocenters. The van der Waals surface area contributed by atoms with Crippen LogP contribution in [0.15, 0.2) is 110 Å². The summed E-state index contributed by atoms with van der Waals surface area (Å²) < 4.78 is 13.0. The zero-order chi connectivity index (χ0) is 37.0. The summed E-state index contributed by atoms with van der Waals surface area (Å²) in [4.78, 5) is 60.1. The molecular formula is C41H44ClN3O7. The molecule has 3 aromatic rings. The largest absolute Gasteiger partial charge is 0.455 e. The van der Waals surface area contributed by atoms with Gasteiger partial charge in [-0.2, -0.15) is 0 Å².